The van der Waals surface area contributed by atoms with E-state index in [1.54, 1.807) is 11.3 Å². The first-order chi connectivity index (χ1) is 10.7. The molecule has 3 N–H and O–H groups in total. The first-order valence-electron chi connectivity index (χ1n) is 6.93. The predicted octanol–water partition coefficient (Wildman–Crippen LogP) is 3.76. The van der Waals surface area contributed by atoms with Gasteiger partial charge < -0.3 is 10.4 Å². The van der Waals surface area contributed by atoms with E-state index in [1.165, 1.54) is 21.8 Å². The maximum absolute atomic E-state index is 11.1. The molecule has 112 valence electrons. The van der Waals surface area contributed by atoms with E-state index >= 15 is 0 Å². The smallest absolute Gasteiger partial charge is 0.409 e. The molecular formula is C15H13N3O2S2. The van der Waals surface area contributed by atoms with Gasteiger partial charge in [0.25, 0.3) is 0 Å². The summed E-state index contributed by atoms with van der Waals surface area (Å²) in [6.07, 6.45) is -0.132. The van der Waals surface area contributed by atoms with Gasteiger partial charge in [-0.05, 0) is 30.7 Å². The van der Waals surface area contributed by atoms with E-state index in [2.05, 4.69) is 10.6 Å². The van der Waals surface area contributed by atoms with Gasteiger partial charge in [0.15, 0.2) is 0 Å². The topological polar surface area (TPSA) is 74.2 Å². The fourth-order valence-electron chi connectivity index (χ4n) is 2.73. The largest absolute Gasteiger partial charge is 0.465 e. The second kappa shape index (κ2) is 5.35. The van der Waals surface area contributed by atoms with Crippen LogP contribution in [0.15, 0.2) is 24.3 Å². The number of thiophene rings is 1. The number of nitrogens with one attached hydrogen (secondary N) is 2. The number of carbonyl (C=O) groups is 1. The van der Waals surface area contributed by atoms with E-state index in [1.807, 2.05) is 24.3 Å². The number of anilines is 1. The Morgan fingerprint density at radius 3 is 3.00 bits per heavy atom. The van der Waals surface area contributed by atoms with Crippen molar-refractivity contribution in [2.45, 2.75) is 13.0 Å². The number of benzene rings is 1. The van der Waals surface area contributed by atoms with Gasteiger partial charge in [-0.25, -0.2) is 9.78 Å². The lowest BCUT2D eigenvalue weighted by molar-refractivity contribution is 0.210. The molecule has 1 aliphatic rings. The average Bonchev–Trinajstić information content (AvgIpc) is 3.06. The molecule has 1 aliphatic heterocycles. The van der Waals surface area contributed by atoms with Gasteiger partial charge in [-0.2, -0.15) is 0 Å². The van der Waals surface area contributed by atoms with Crippen molar-refractivity contribution in [2.24, 2.45) is 0 Å². The Balaban J connectivity index is 1.91. The second-order valence-corrected chi connectivity index (χ2v) is 7.19. The van der Waals surface area contributed by atoms with E-state index in [4.69, 9.17) is 10.1 Å². The van der Waals surface area contributed by atoms with Crippen molar-refractivity contribution < 1.29 is 9.90 Å². The number of carboxylic acid groups (broad SMARTS) is 1. The minimum absolute atomic E-state index is 0.681. The summed E-state index contributed by atoms with van der Waals surface area (Å²) < 4.78 is 1.12. The Morgan fingerprint density at radius 2 is 2.18 bits per heavy atom. The molecule has 3 heterocycles. The molecule has 2 aromatic heterocycles. The predicted molar refractivity (Wildman–Crippen MR) is 90.0 cm³/mol. The van der Waals surface area contributed by atoms with Crippen LogP contribution in [0.3, 0.4) is 0 Å². The highest BCUT2D eigenvalue weighted by atomic mass is 32.1. The normalized spacial score (nSPS) is 14.0. The maximum Gasteiger partial charge on any atom is 0.409 e. The second-order valence-electron chi connectivity index (χ2n) is 5.05. The van der Waals surface area contributed by atoms with Crippen LogP contribution >= 0.6 is 22.7 Å². The van der Waals surface area contributed by atoms with Crippen molar-refractivity contribution in [2.75, 3.05) is 11.9 Å². The fraction of sp³-hybridized carbons (Fsp3) is 0.200. The molecule has 0 radical (unpaired) electrons. The molecule has 0 atom stereocenters. The Labute approximate surface area is 134 Å². The van der Waals surface area contributed by atoms with E-state index in [-0.39, 0.29) is 0 Å². The molecule has 5 nitrogen and oxygen atoms in total. The molecule has 0 bridgehead atoms. The van der Waals surface area contributed by atoms with Crippen molar-refractivity contribution >= 4 is 44.0 Å². The molecule has 0 spiro atoms. The molecule has 7 heteroatoms. The quantitative estimate of drug-likeness (QED) is 0.668. The van der Waals surface area contributed by atoms with Crippen LogP contribution in [0.5, 0.6) is 0 Å². The van der Waals surface area contributed by atoms with Gasteiger partial charge in [-0.15, -0.1) is 22.7 Å². The molecular weight excluding hydrogens is 318 g/mol. The molecule has 1 aromatic carbocycles. The Kier molecular flexibility index (Phi) is 3.33. The van der Waals surface area contributed by atoms with Gasteiger partial charge in [-0.1, -0.05) is 12.1 Å². The number of nitrogens with zero attached hydrogens (tertiary/aromatic N) is 1. The summed E-state index contributed by atoms with van der Waals surface area (Å²) >= 11 is 3.12. The molecule has 0 fully saturated rings. The highest BCUT2D eigenvalue weighted by molar-refractivity contribution is 7.22. The Bertz CT molecular complexity index is 836. The molecule has 0 saturated heterocycles. The van der Waals surface area contributed by atoms with E-state index in [0.717, 1.165) is 40.3 Å². The molecule has 1 amide bonds. The van der Waals surface area contributed by atoms with Crippen molar-refractivity contribution in [3.8, 4) is 10.6 Å². The summed E-state index contributed by atoms with van der Waals surface area (Å²) in [4.78, 5) is 17.0. The third-order valence-electron chi connectivity index (χ3n) is 3.66. The van der Waals surface area contributed by atoms with E-state index in [0.29, 0.717) is 5.00 Å². The van der Waals surface area contributed by atoms with Crippen molar-refractivity contribution in [3.05, 3.63) is 34.7 Å². The van der Waals surface area contributed by atoms with Crippen LogP contribution < -0.4 is 10.6 Å². The summed E-state index contributed by atoms with van der Waals surface area (Å²) in [6, 6.07) is 7.99. The molecule has 0 aliphatic carbocycles. The maximum atomic E-state index is 11.1. The van der Waals surface area contributed by atoms with Gasteiger partial charge in [-0.3, -0.25) is 5.32 Å². The van der Waals surface area contributed by atoms with Crippen LogP contribution in [0.2, 0.25) is 0 Å². The SMILES string of the molecule is O=C(O)Nc1sc2c(c1-c1nc3ccccc3s1)CCNC2. The van der Waals surface area contributed by atoms with Crippen LogP contribution in [-0.4, -0.2) is 22.7 Å². The molecule has 0 saturated carbocycles. The molecule has 22 heavy (non-hydrogen) atoms. The zero-order valence-corrected chi connectivity index (χ0v) is 13.2. The number of hydrogen-bond acceptors (Lipinski definition) is 5. The number of thiazole rings is 1. The van der Waals surface area contributed by atoms with Crippen LogP contribution in [0.4, 0.5) is 9.80 Å². The minimum Gasteiger partial charge on any atom is -0.465 e. The van der Waals surface area contributed by atoms with E-state index < -0.39 is 6.09 Å². The van der Waals surface area contributed by atoms with E-state index in [9.17, 15) is 4.79 Å². The Morgan fingerprint density at radius 1 is 1.32 bits per heavy atom. The monoisotopic (exact) mass is 331 g/mol. The molecule has 4 rings (SSSR count). The summed E-state index contributed by atoms with van der Waals surface area (Å²) in [5.41, 5.74) is 3.15. The first kappa shape index (κ1) is 13.7. The van der Waals surface area contributed by atoms with Gasteiger partial charge in [0.1, 0.15) is 10.0 Å². The summed E-state index contributed by atoms with van der Waals surface area (Å²) in [7, 11) is 0. The molecule has 3 aromatic rings. The van der Waals surface area contributed by atoms with Crippen LogP contribution in [0.25, 0.3) is 20.8 Å². The highest BCUT2D eigenvalue weighted by Crippen LogP contribution is 2.44. The zero-order valence-electron chi connectivity index (χ0n) is 11.5. The summed E-state index contributed by atoms with van der Waals surface area (Å²) in [5.74, 6) is 0. The minimum atomic E-state index is -1.03. The fourth-order valence-corrected chi connectivity index (χ4v) is 5.04. The first-order valence-corrected chi connectivity index (χ1v) is 8.57. The van der Waals surface area contributed by atoms with Crippen LogP contribution in [0, 0.1) is 0 Å². The van der Waals surface area contributed by atoms with Gasteiger partial charge in [0, 0.05) is 17.0 Å². The lowest BCUT2D eigenvalue weighted by atomic mass is 10.0. The van der Waals surface area contributed by atoms with Gasteiger partial charge >= 0.3 is 6.09 Å². The summed E-state index contributed by atoms with van der Waals surface area (Å²) in [5, 5.41) is 16.6. The standard InChI is InChI=1S/C15H13N3O2S2/c19-15(20)18-14-12(8-5-6-16-7-11(8)22-14)13-17-9-3-1-2-4-10(9)21-13/h1-4,16,18H,5-7H2,(H,19,20). The van der Waals surface area contributed by atoms with Gasteiger partial charge in [0.2, 0.25) is 0 Å². The van der Waals surface area contributed by atoms with Crippen LogP contribution in [0.1, 0.15) is 10.4 Å². The van der Waals surface area contributed by atoms with Crippen molar-refractivity contribution in [1.29, 1.82) is 0 Å². The molecule has 0 unspecified atom stereocenters. The number of fused-ring (bicyclic) bond motifs is 2. The summed E-state index contributed by atoms with van der Waals surface area (Å²) in [6.45, 7) is 1.70. The third-order valence-corrected chi connectivity index (χ3v) is 5.86. The lowest BCUT2D eigenvalue weighted by Crippen LogP contribution is -2.22. The van der Waals surface area contributed by atoms with Crippen molar-refractivity contribution in [1.82, 2.24) is 10.3 Å². The average molecular weight is 331 g/mol. The van der Waals surface area contributed by atoms with Gasteiger partial charge in [0.05, 0.1) is 10.2 Å². The number of aromatic nitrogens is 1. The highest BCUT2D eigenvalue weighted by Gasteiger charge is 2.24. The number of rotatable bonds is 2. The number of hydrogen-bond donors (Lipinski definition) is 3. The van der Waals surface area contributed by atoms with Crippen molar-refractivity contribution in [3.63, 3.8) is 0 Å². The number of amides is 1. The third kappa shape index (κ3) is 2.27. The number of para-hydroxylation sites is 1. The van der Waals surface area contributed by atoms with Crippen LogP contribution in [-0.2, 0) is 13.0 Å². The zero-order chi connectivity index (χ0) is 15.1. The lowest BCUT2D eigenvalue weighted by Gasteiger charge is -2.13. The Hall–Kier alpha value is -1.96.